The monoisotopic (exact) mass is 306 g/mol. The number of hydrogen-bond acceptors (Lipinski definition) is 5. The van der Waals surface area contributed by atoms with E-state index in [9.17, 15) is 13.8 Å². The highest BCUT2D eigenvalue weighted by Crippen LogP contribution is 2.45. The molecule has 8 heteroatoms. The summed E-state index contributed by atoms with van der Waals surface area (Å²) in [4.78, 5) is 25.5. The van der Waals surface area contributed by atoms with Crippen LogP contribution >= 0.6 is 8.07 Å². The number of carbonyl (C=O) groups excluding carboxylic acids is 2. The third-order valence-electron chi connectivity index (χ3n) is 3.58. The van der Waals surface area contributed by atoms with Crippen LogP contribution in [-0.2, 0) is 25.1 Å². The molecule has 1 amide bonds. The molecule has 0 aliphatic carbocycles. The largest absolute Gasteiger partial charge is 0.467 e. The number of carbonyl (C=O) groups is 2. The van der Waals surface area contributed by atoms with Crippen LogP contribution in [0.25, 0.3) is 0 Å². The first-order chi connectivity index (χ1) is 8.73. The molecule has 0 aromatic rings. The van der Waals surface area contributed by atoms with E-state index in [1.807, 2.05) is 13.3 Å². The topological polar surface area (TPSA) is 75.7 Å². The first-order valence-corrected chi connectivity index (χ1v) is 9.42. The third-order valence-corrected chi connectivity index (χ3v) is 6.57. The van der Waals surface area contributed by atoms with Gasteiger partial charge in [-0.3, -0.25) is 14.1 Å². The second-order valence-corrected chi connectivity index (χ2v) is 9.64. The van der Waals surface area contributed by atoms with Crippen LogP contribution in [0.1, 0.15) is 13.8 Å². The molecule has 0 aromatic carbocycles. The van der Waals surface area contributed by atoms with Gasteiger partial charge in [0.2, 0.25) is 5.91 Å². The van der Waals surface area contributed by atoms with Gasteiger partial charge in [0.15, 0.2) is 0 Å². The van der Waals surface area contributed by atoms with Gasteiger partial charge in [-0.15, -0.1) is 0 Å². The van der Waals surface area contributed by atoms with Crippen molar-refractivity contribution in [1.82, 2.24) is 9.99 Å². The lowest BCUT2D eigenvalue weighted by molar-refractivity contribution is -0.161. The molecule has 6 nitrogen and oxygen atoms in total. The molecule has 2 aliphatic rings. The van der Waals surface area contributed by atoms with Gasteiger partial charge in [-0.25, -0.2) is 4.79 Å². The minimum absolute atomic E-state index is 0.157. The van der Waals surface area contributed by atoms with Crippen molar-refractivity contribution >= 4 is 30.7 Å². The van der Waals surface area contributed by atoms with E-state index < -0.39 is 47.0 Å². The maximum absolute atomic E-state index is 12.5. The lowest BCUT2D eigenvalue weighted by Gasteiger charge is -2.44. The van der Waals surface area contributed by atoms with Gasteiger partial charge in [-0.2, -0.15) is 0 Å². The zero-order valence-corrected chi connectivity index (χ0v) is 13.4. The summed E-state index contributed by atoms with van der Waals surface area (Å²) in [5.74, 6) is -0.654. The summed E-state index contributed by atoms with van der Waals surface area (Å²) in [6.07, 6.45) is 0. The van der Waals surface area contributed by atoms with Crippen LogP contribution in [-0.4, -0.2) is 63.6 Å². The number of β-lactam (4-membered cyclic amide) rings is 1. The molecule has 1 unspecified atom stereocenters. The minimum atomic E-state index is -1.29. The summed E-state index contributed by atoms with van der Waals surface area (Å²) in [5.41, 5.74) is 0. The molecule has 2 saturated heterocycles. The van der Waals surface area contributed by atoms with Crippen LogP contribution in [0.15, 0.2) is 0 Å². The SMILES string of the molecule is COC(=O)[C@@H]1N2C(=O)[C@@H](NP(C)C)[C@H]2S(=O)C1(C)C. The number of nitrogens with one attached hydrogen (secondary N) is 1. The Labute approximate surface area is 116 Å². The highest BCUT2D eigenvalue weighted by molar-refractivity contribution is 7.87. The maximum Gasteiger partial charge on any atom is 0.330 e. The van der Waals surface area contributed by atoms with Gasteiger partial charge in [-0.05, 0) is 35.2 Å². The lowest BCUT2D eigenvalue weighted by atomic mass is 9.96. The van der Waals surface area contributed by atoms with Crippen molar-refractivity contribution in [3.63, 3.8) is 0 Å². The Balaban J connectivity index is 2.31. The van der Waals surface area contributed by atoms with Crippen molar-refractivity contribution < 1.29 is 18.5 Å². The van der Waals surface area contributed by atoms with E-state index in [1.165, 1.54) is 12.0 Å². The Bertz CT molecular complexity index is 454. The maximum atomic E-state index is 12.5. The van der Waals surface area contributed by atoms with E-state index >= 15 is 0 Å². The van der Waals surface area contributed by atoms with Gasteiger partial charge in [0, 0.05) is 0 Å². The number of rotatable bonds is 3. The lowest BCUT2D eigenvalue weighted by Crippen LogP contribution is -2.70. The van der Waals surface area contributed by atoms with Crippen molar-refractivity contribution in [3.8, 4) is 0 Å². The third kappa shape index (κ3) is 2.03. The summed E-state index contributed by atoms with van der Waals surface area (Å²) in [5, 5.41) is 2.75. The highest BCUT2D eigenvalue weighted by atomic mass is 32.2. The van der Waals surface area contributed by atoms with Gasteiger partial charge in [-0.1, -0.05) is 0 Å². The van der Waals surface area contributed by atoms with E-state index in [1.54, 1.807) is 13.8 Å². The zero-order valence-electron chi connectivity index (χ0n) is 11.7. The van der Waals surface area contributed by atoms with E-state index in [-0.39, 0.29) is 5.91 Å². The normalized spacial score (nSPS) is 36.1. The van der Waals surface area contributed by atoms with Gasteiger partial charge < -0.3 is 9.64 Å². The van der Waals surface area contributed by atoms with Crippen LogP contribution in [0, 0.1) is 0 Å². The van der Waals surface area contributed by atoms with Crippen molar-refractivity contribution in [3.05, 3.63) is 0 Å². The van der Waals surface area contributed by atoms with Crippen LogP contribution < -0.4 is 5.09 Å². The van der Waals surface area contributed by atoms with E-state index in [4.69, 9.17) is 4.74 Å². The Morgan fingerprint density at radius 1 is 1.47 bits per heavy atom. The van der Waals surface area contributed by atoms with E-state index in [0.29, 0.717) is 0 Å². The number of nitrogens with zero attached hydrogens (tertiary/aromatic N) is 1. The van der Waals surface area contributed by atoms with Crippen molar-refractivity contribution in [2.75, 3.05) is 20.4 Å². The summed E-state index contributed by atoms with van der Waals surface area (Å²) in [7, 11) is -0.481. The summed E-state index contributed by atoms with van der Waals surface area (Å²) in [6.45, 7) is 7.47. The number of amides is 1. The Kier molecular flexibility index (Phi) is 3.75. The van der Waals surface area contributed by atoms with Crippen LogP contribution in [0.4, 0.5) is 0 Å². The number of methoxy groups -OCH3 is 1. The summed E-state index contributed by atoms with van der Waals surface area (Å²) in [6, 6.07) is -1.19. The molecule has 2 fully saturated rings. The fourth-order valence-corrected chi connectivity index (χ4v) is 5.47. The molecule has 0 saturated carbocycles. The molecule has 4 atom stereocenters. The molecule has 0 aromatic heterocycles. The molecule has 0 radical (unpaired) electrons. The molecule has 2 aliphatic heterocycles. The second kappa shape index (κ2) is 4.79. The summed E-state index contributed by atoms with van der Waals surface area (Å²) < 4.78 is 16.5. The molecular weight excluding hydrogens is 287 g/mol. The predicted molar refractivity (Wildman–Crippen MR) is 74.4 cm³/mol. The van der Waals surface area contributed by atoms with Gasteiger partial charge >= 0.3 is 5.97 Å². The Morgan fingerprint density at radius 2 is 2.05 bits per heavy atom. The zero-order chi connectivity index (χ0) is 14.5. The van der Waals surface area contributed by atoms with Gasteiger partial charge in [0.05, 0.1) is 22.7 Å². The van der Waals surface area contributed by atoms with Crippen molar-refractivity contribution in [2.45, 2.75) is 36.1 Å². The molecule has 2 heterocycles. The summed E-state index contributed by atoms with van der Waals surface area (Å²) >= 11 is 0. The predicted octanol–water partition coefficient (Wildman–Crippen LogP) is -0.148. The van der Waals surface area contributed by atoms with Gasteiger partial charge in [0.1, 0.15) is 17.5 Å². The molecule has 2 rings (SSSR count). The van der Waals surface area contributed by atoms with Crippen LogP contribution in [0.3, 0.4) is 0 Å². The highest BCUT2D eigenvalue weighted by Gasteiger charge is 2.68. The van der Waals surface area contributed by atoms with Crippen molar-refractivity contribution in [1.29, 1.82) is 0 Å². The van der Waals surface area contributed by atoms with Crippen LogP contribution in [0.2, 0.25) is 0 Å². The fourth-order valence-electron chi connectivity index (χ4n) is 2.65. The molecule has 0 spiro atoms. The fraction of sp³-hybridized carbons (Fsp3) is 0.818. The first-order valence-electron chi connectivity index (χ1n) is 5.97. The average Bonchev–Trinajstić information content (AvgIpc) is 2.52. The first kappa shape index (κ1) is 14.9. The number of fused-ring (bicyclic) bond motifs is 1. The number of hydrogen-bond donors (Lipinski definition) is 1. The Morgan fingerprint density at radius 3 is 2.53 bits per heavy atom. The average molecular weight is 306 g/mol. The van der Waals surface area contributed by atoms with E-state index in [2.05, 4.69) is 5.09 Å². The van der Waals surface area contributed by atoms with Crippen LogP contribution in [0.5, 0.6) is 0 Å². The quantitative estimate of drug-likeness (QED) is 0.446. The molecule has 108 valence electrons. The molecular formula is C11H19N2O4PS. The smallest absolute Gasteiger partial charge is 0.330 e. The second-order valence-electron chi connectivity index (χ2n) is 5.46. The van der Waals surface area contributed by atoms with Gasteiger partial charge in [0.25, 0.3) is 0 Å². The molecule has 0 bridgehead atoms. The molecule has 1 N–H and O–H groups in total. The van der Waals surface area contributed by atoms with E-state index in [0.717, 1.165) is 0 Å². The molecule has 19 heavy (non-hydrogen) atoms. The minimum Gasteiger partial charge on any atom is -0.467 e. The number of ether oxygens (including phenoxy) is 1. The number of esters is 1. The Hall–Kier alpha value is -0.520. The standard InChI is InChI=1S/C11H19N2O4PS/c1-11(2)7(10(15)17-3)13-8(14)6(12-18(4)5)9(13)19(11)16/h6-7,9,12H,1-5H3/t6-,7+,9-,19?/m1/s1. The van der Waals surface area contributed by atoms with Crippen molar-refractivity contribution in [2.24, 2.45) is 0 Å².